The highest BCUT2D eigenvalue weighted by atomic mass is 32.2. The second kappa shape index (κ2) is 7.00. The summed E-state index contributed by atoms with van der Waals surface area (Å²) in [5.41, 5.74) is 0. The van der Waals surface area contributed by atoms with E-state index in [1.807, 2.05) is 0 Å². The number of aromatic nitrogens is 1. The van der Waals surface area contributed by atoms with E-state index in [2.05, 4.69) is 10.3 Å². The summed E-state index contributed by atoms with van der Waals surface area (Å²) in [6.45, 7) is 0.524. The van der Waals surface area contributed by atoms with E-state index in [1.54, 1.807) is 6.07 Å². The number of hydrogen-bond acceptors (Lipinski definition) is 6. The van der Waals surface area contributed by atoms with E-state index < -0.39 is 19.9 Å². The van der Waals surface area contributed by atoms with Gasteiger partial charge in [0.2, 0.25) is 15.9 Å². The van der Waals surface area contributed by atoms with E-state index in [0.29, 0.717) is 19.3 Å². The summed E-state index contributed by atoms with van der Waals surface area (Å²) in [6, 6.07) is 2.75. The fraction of sp³-hybridized carbons (Fsp3) is 0.600. The lowest BCUT2D eigenvalue weighted by molar-refractivity contribution is -0.126. The Labute approximate surface area is 147 Å². The molecule has 1 aromatic rings. The van der Waals surface area contributed by atoms with Crippen molar-refractivity contribution in [1.29, 1.82) is 0 Å². The monoisotopic (exact) mass is 387 g/mol. The van der Waals surface area contributed by atoms with Crippen molar-refractivity contribution in [2.75, 3.05) is 24.6 Å². The summed E-state index contributed by atoms with van der Waals surface area (Å²) in [4.78, 5) is 16.3. The molecule has 1 atom stereocenters. The number of carbonyl (C=O) groups is 1. The van der Waals surface area contributed by atoms with Crippen LogP contribution in [0.4, 0.5) is 0 Å². The molecule has 0 aromatic carbocycles. The Morgan fingerprint density at radius 3 is 2.52 bits per heavy atom. The standard InChI is InChI=1S/C15H21N3O5S2/c19-15(17-13-5-9-24(20,21)11-13)12-3-7-18(8-4-12)25(22,23)14-2-1-6-16-10-14/h1-2,6,10,12-13H,3-5,7-9,11H2,(H,17,19). The fourth-order valence-electron chi connectivity index (χ4n) is 3.23. The second-order valence-electron chi connectivity index (χ2n) is 6.48. The molecule has 2 aliphatic rings. The smallest absolute Gasteiger partial charge is 0.244 e. The average molecular weight is 387 g/mol. The van der Waals surface area contributed by atoms with Crippen LogP contribution in [0.3, 0.4) is 0 Å². The van der Waals surface area contributed by atoms with Gasteiger partial charge < -0.3 is 5.32 Å². The van der Waals surface area contributed by atoms with Gasteiger partial charge in [0.15, 0.2) is 9.84 Å². The molecule has 0 bridgehead atoms. The predicted molar refractivity (Wildman–Crippen MR) is 90.9 cm³/mol. The first-order valence-corrected chi connectivity index (χ1v) is 11.4. The minimum absolute atomic E-state index is 0.00697. The lowest BCUT2D eigenvalue weighted by Gasteiger charge is -2.31. The number of hydrogen-bond donors (Lipinski definition) is 1. The summed E-state index contributed by atoms with van der Waals surface area (Å²) in [7, 11) is -6.63. The van der Waals surface area contributed by atoms with Crippen molar-refractivity contribution < 1.29 is 21.6 Å². The van der Waals surface area contributed by atoms with E-state index in [4.69, 9.17) is 0 Å². The van der Waals surface area contributed by atoms with Gasteiger partial charge in [-0.15, -0.1) is 0 Å². The maximum absolute atomic E-state index is 12.5. The van der Waals surface area contributed by atoms with E-state index >= 15 is 0 Å². The highest BCUT2D eigenvalue weighted by molar-refractivity contribution is 7.91. The van der Waals surface area contributed by atoms with Crippen molar-refractivity contribution >= 4 is 25.8 Å². The lowest BCUT2D eigenvalue weighted by Crippen LogP contribution is -2.45. The SMILES string of the molecule is O=C(NC1CCS(=O)(=O)C1)C1CCN(S(=O)(=O)c2cccnc2)CC1. The highest BCUT2D eigenvalue weighted by Gasteiger charge is 2.34. The molecule has 10 heteroatoms. The molecule has 2 fully saturated rings. The Hall–Kier alpha value is -1.52. The number of pyridine rings is 1. The summed E-state index contributed by atoms with van der Waals surface area (Å²) < 4.78 is 49.3. The Morgan fingerprint density at radius 2 is 1.96 bits per heavy atom. The zero-order valence-corrected chi connectivity index (χ0v) is 15.3. The predicted octanol–water partition coefficient (Wildman–Crippen LogP) is -0.214. The van der Waals surface area contributed by atoms with Crippen molar-refractivity contribution in [3.8, 4) is 0 Å². The molecule has 3 heterocycles. The second-order valence-corrected chi connectivity index (χ2v) is 10.6. The number of rotatable bonds is 4. The fourth-order valence-corrected chi connectivity index (χ4v) is 6.34. The molecule has 1 N–H and O–H groups in total. The first-order chi connectivity index (χ1) is 11.8. The van der Waals surface area contributed by atoms with E-state index in [0.717, 1.165) is 0 Å². The topological polar surface area (TPSA) is 114 Å². The Bertz CT molecular complexity index is 831. The third-order valence-electron chi connectivity index (χ3n) is 4.68. The Balaban J connectivity index is 1.56. The van der Waals surface area contributed by atoms with Crippen molar-refractivity contribution in [2.24, 2.45) is 5.92 Å². The van der Waals surface area contributed by atoms with Crippen LogP contribution < -0.4 is 5.32 Å². The number of piperidine rings is 1. The van der Waals surface area contributed by atoms with Crippen LogP contribution >= 0.6 is 0 Å². The van der Waals surface area contributed by atoms with Crippen LogP contribution in [0, 0.1) is 5.92 Å². The molecule has 1 unspecified atom stereocenters. The van der Waals surface area contributed by atoms with Crippen LogP contribution in [0.5, 0.6) is 0 Å². The molecule has 25 heavy (non-hydrogen) atoms. The number of amides is 1. The number of sulfonamides is 1. The molecule has 2 saturated heterocycles. The normalized spacial score (nSPS) is 24.9. The first kappa shape index (κ1) is 18.3. The molecule has 2 aliphatic heterocycles. The number of carbonyl (C=O) groups excluding carboxylic acids is 1. The molecule has 3 rings (SSSR count). The average Bonchev–Trinajstić information content (AvgIpc) is 2.94. The third kappa shape index (κ3) is 4.18. The van der Waals surface area contributed by atoms with Crippen LogP contribution in [0.25, 0.3) is 0 Å². The van der Waals surface area contributed by atoms with E-state index in [9.17, 15) is 21.6 Å². The van der Waals surface area contributed by atoms with Gasteiger partial charge >= 0.3 is 0 Å². The Kier molecular flexibility index (Phi) is 5.12. The zero-order valence-electron chi connectivity index (χ0n) is 13.7. The minimum atomic E-state index is -3.59. The molecular formula is C15H21N3O5S2. The molecule has 0 radical (unpaired) electrons. The molecule has 1 amide bonds. The van der Waals surface area contributed by atoms with Gasteiger partial charge in [-0.25, -0.2) is 16.8 Å². The quantitative estimate of drug-likeness (QED) is 0.764. The van der Waals surface area contributed by atoms with Crippen LogP contribution in [0.2, 0.25) is 0 Å². The van der Waals surface area contributed by atoms with Crippen molar-refractivity contribution in [3.05, 3.63) is 24.5 Å². The molecular weight excluding hydrogens is 366 g/mol. The van der Waals surface area contributed by atoms with Crippen LogP contribution in [0.1, 0.15) is 19.3 Å². The van der Waals surface area contributed by atoms with Gasteiger partial charge in [-0.3, -0.25) is 9.78 Å². The van der Waals surface area contributed by atoms with Crippen molar-refractivity contribution in [1.82, 2.24) is 14.6 Å². The molecule has 138 valence electrons. The van der Waals surface area contributed by atoms with E-state index in [-0.39, 0.29) is 47.4 Å². The van der Waals surface area contributed by atoms with Crippen molar-refractivity contribution in [3.63, 3.8) is 0 Å². The summed E-state index contributed by atoms with van der Waals surface area (Å²) in [6.07, 6.45) is 4.12. The molecule has 8 nitrogen and oxygen atoms in total. The van der Waals surface area contributed by atoms with Crippen LogP contribution in [-0.4, -0.2) is 62.7 Å². The van der Waals surface area contributed by atoms with Gasteiger partial charge in [0.1, 0.15) is 4.90 Å². The van der Waals surface area contributed by atoms with Crippen molar-refractivity contribution in [2.45, 2.75) is 30.2 Å². The molecule has 0 saturated carbocycles. The molecule has 0 aliphatic carbocycles. The number of sulfone groups is 1. The zero-order chi connectivity index (χ0) is 18.1. The largest absolute Gasteiger partial charge is 0.352 e. The number of nitrogens with zero attached hydrogens (tertiary/aromatic N) is 2. The van der Waals surface area contributed by atoms with Gasteiger partial charge in [0.25, 0.3) is 0 Å². The van der Waals surface area contributed by atoms with Gasteiger partial charge in [-0.05, 0) is 31.4 Å². The maximum atomic E-state index is 12.5. The van der Waals surface area contributed by atoms with Crippen LogP contribution in [-0.2, 0) is 24.7 Å². The highest BCUT2D eigenvalue weighted by Crippen LogP contribution is 2.24. The van der Waals surface area contributed by atoms with Gasteiger partial charge in [0, 0.05) is 37.4 Å². The lowest BCUT2D eigenvalue weighted by atomic mass is 9.97. The third-order valence-corrected chi connectivity index (χ3v) is 8.33. The maximum Gasteiger partial charge on any atom is 0.244 e. The Morgan fingerprint density at radius 1 is 1.24 bits per heavy atom. The van der Waals surface area contributed by atoms with Gasteiger partial charge in [0.05, 0.1) is 11.5 Å². The summed E-state index contributed by atoms with van der Waals surface area (Å²) in [5, 5.41) is 2.79. The molecule has 1 aromatic heterocycles. The molecule has 0 spiro atoms. The van der Waals surface area contributed by atoms with Gasteiger partial charge in [-0.1, -0.05) is 0 Å². The first-order valence-electron chi connectivity index (χ1n) is 8.19. The summed E-state index contributed by atoms with van der Waals surface area (Å²) >= 11 is 0. The van der Waals surface area contributed by atoms with Gasteiger partial charge in [-0.2, -0.15) is 4.31 Å². The van der Waals surface area contributed by atoms with Crippen LogP contribution in [0.15, 0.2) is 29.4 Å². The number of nitrogens with one attached hydrogen (secondary N) is 1. The minimum Gasteiger partial charge on any atom is -0.352 e. The van der Waals surface area contributed by atoms with E-state index in [1.165, 1.54) is 22.8 Å². The summed E-state index contributed by atoms with van der Waals surface area (Å²) in [5.74, 6) is -0.364.